The molecule has 5 heteroatoms. The monoisotopic (exact) mass is 302 g/mol. The van der Waals surface area contributed by atoms with Crippen molar-refractivity contribution in [1.82, 2.24) is 0 Å². The average Bonchev–Trinajstić information content (AvgIpc) is 2.53. The van der Waals surface area contributed by atoms with Crippen LogP contribution in [0.4, 0.5) is 4.39 Å². The van der Waals surface area contributed by atoms with Gasteiger partial charge in [0, 0.05) is 12.1 Å². The lowest BCUT2D eigenvalue weighted by atomic mass is 10.1. The summed E-state index contributed by atoms with van der Waals surface area (Å²) in [6.45, 7) is 0. The number of methoxy groups -OCH3 is 2. The largest absolute Gasteiger partial charge is 0.507 e. The molecule has 2 aromatic carbocycles. The Labute approximate surface area is 127 Å². The molecule has 0 aromatic heterocycles. The Hall–Kier alpha value is -2.82. The van der Waals surface area contributed by atoms with Gasteiger partial charge in [-0.3, -0.25) is 4.79 Å². The highest BCUT2D eigenvalue weighted by Gasteiger charge is 2.17. The summed E-state index contributed by atoms with van der Waals surface area (Å²) in [5, 5.41) is 9.97. The van der Waals surface area contributed by atoms with Gasteiger partial charge in [-0.05, 0) is 23.8 Å². The molecule has 0 fully saturated rings. The maximum atomic E-state index is 12.8. The van der Waals surface area contributed by atoms with Gasteiger partial charge in [-0.25, -0.2) is 4.39 Å². The Morgan fingerprint density at radius 2 is 1.82 bits per heavy atom. The molecule has 0 amide bonds. The number of aromatic hydroxyl groups is 1. The molecule has 0 spiro atoms. The molecular weight excluding hydrogens is 287 g/mol. The summed E-state index contributed by atoms with van der Waals surface area (Å²) < 4.78 is 22.9. The molecule has 0 aliphatic heterocycles. The van der Waals surface area contributed by atoms with E-state index in [1.165, 1.54) is 50.6 Å². The zero-order valence-electron chi connectivity index (χ0n) is 12.2. The number of ether oxygens (including phenoxy) is 2. The third-order valence-corrected chi connectivity index (χ3v) is 3.05. The van der Waals surface area contributed by atoms with Gasteiger partial charge >= 0.3 is 0 Å². The molecule has 0 saturated carbocycles. The van der Waals surface area contributed by atoms with E-state index in [1.54, 1.807) is 12.1 Å². The summed E-state index contributed by atoms with van der Waals surface area (Å²) in [6, 6.07) is 8.54. The van der Waals surface area contributed by atoms with E-state index in [4.69, 9.17) is 9.47 Å². The lowest BCUT2D eigenvalue weighted by Crippen LogP contribution is -2.00. The van der Waals surface area contributed by atoms with Gasteiger partial charge in [0.05, 0.1) is 14.2 Å². The van der Waals surface area contributed by atoms with Crippen molar-refractivity contribution in [3.05, 3.63) is 59.4 Å². The van der Waals surface area contributed by atoms with Gasteiger partial charge in [0.2, 0.25) is 0 Å². The first-order valence-corrected chi connectivity index (χ1v) is 6.48. The van der Waals surface area contributed by atoms with E-state index in [0.29, 0.717) is 11.3 Å². The Balaban J connectivity index is 2.31. The van der Waals surface area contributed by atoms with E-state index < -0.39 is 5.78 Å². The van der Waals surface area contributed by atoms with Crippen LogP contribution in [0, 0.1) is 5.82 Å². The summed E-state index contributed by atoms with van der Waals surface area (Å²) in [6.07, 6.45) is 2.82. The number of carbonyl (C=O) groups is 1. The smallest absolute Gasteiger partial charge is 0.193 e. The van der Waals surface area contributed by atoms with Crippen LogP contribution in [-0.2, 0) is 0 Å². The van der Waals surface area contributed by atoms with Crippen LogP contribution in [-0.4, -0.2) is 25.1 Å². The zero-order valence-corrected chi connectivity index (χ0v) is 12.2. The van der Waals surface area contributed by atoms with Crippen molar-refractivity contribution < 1.29 is 23.8 Å². The van der Waals surface area contributed by atoms with Crippen molar-refractivity contribution in [1.29, 1.82) is 0 Å². The van der Waals surface area contributed by atoms with Crippen molar-refractivity contribution in [2.24, 2.45) is 0 Å². The van der Waals surface area contributed by atoms with Crippen molar-refractivity contribution in [3.8, 4) is 17.2 Å². The number of phenols is 1. The second-order valence-corrected chi connectivity index (χ2v) is 4.47. The molecule has 0 saturated heterocycles. The minimum atomic E-state index is -0.429. The van der Waals surface area contributed by atoms with E-state index in [0.717, 1.165) is 0 Å². The maximum absolute atomic E-state index is 12.8. The number of phenolic OH excluding ortho intramolecular Hbond substituents is 1. The normalized spacial score (nSPS) is 10.7. The van der Waals surface area contributed by atoms with Gasteiger partial charge in [0.25, 0.3) is 0 Å². The van der Waals surface area contributed by atoms with Crippen LogP contribution in [0.5, 0.6) is 17.2 Å². The van der Waals surface area contributed by atoms with Crippen molar-refractivity contribution in [3.63, 3.8) is 0 Å². The standard InChI is InChI=1S/C17H15FO4/c1-21-13-9-15(20)17(16(10-13)22-2)14(19)8-5-11-3-6-12(18)7-4-11/h3-10,20H,1-2H3/b8-5-. The predicted octanol–water partition coefficient (Wildman–Crippen LogP) is 3.44. The topological polar surface area (TPSA) is 55.8 Å². The number of ketones is 1. The molecule has 1 N–H and O–H groups in total. The number of benzene rings is 2. The third-order valence-electron chi connectivity index (χ3n) is 3.05. The van der Waals surface area contributed by atoms with Crippen LogP contribution in [0.25, 0.3) is 6.08 Å². The Kier molecular flexibility index (Phi) is 4.78. The number of carbonyl (C=O) groups excluding carboxylic acids is 1. The summed E-state index contributed by atoms with van der Waals surface area (Å²) in [5.41, 5.74) is 0.711. The molecule has 0 aliphatic rings. The summed E-state index contributed by atoms with van der Waals surface area (Å²) in [4.78, 5) is 12.2. The highest BCUT2D eigenvalue weighted by molar-refractivity contribution is 6.10. The van der Waals surface area contributed by atoms with Crippen LogP contribution < -0.4 is 9.47 Å². The van der Waals surface area contributed by atoms with Crippen LogP contribution in [0.1, 0.15) is 15.9 Å². The predicted molar refractivity (Wildman–Crippen MR) is 81.0 cm³/mol. The highest BCUT2D eigenvalue weighted by atomic mass is 19.1. The first kappa shape index (κ1) is 15.6. The molecule has 114 valence electrons. The highest BCUT2D eigenvalue weighted by Crippen LogP contribution is 2.33. The molecule has 4 nitrogen and oxygen atoms in total. The third kappa shape index (κ3) is 3.44. The van der Waals surface area contributed by atoms with Gasteiger partial charge in [-0.15, -0.1) is 0 Å². The Morgan fingerprint density at radius 1 is 1.14 bits per heavy atom. The molecule has 0 heterocycles. The molecule has 2 aromatic rings. The van der Waals surface area contributed by atoms with Crippen molar-refractivity contribution in [2.75, 3.05) is 14.2 Å². The zero-order chi connectivity index (χ0) is 16.1. The SMILES string of the molecule is COc1cc(O)c(C(=O)/C=C\c2ccc(F)cc2)c(OC)c1. The first-order chi connectivity index (χ1) is 10.5. The minimum Gasteiger partial charge on any atom is -0.507 e. The van der Waals surface area contributed by atoms with E-state index >= 15 is 0 Å². The second-order valence-electron chi connectivity index (χ2n) is 4.47. The Bertz CT molecular complexity index is 705. The van der Waals surface area contributed by atoms with Gasteiger partial charge < -0.3 is 14.6 Å². The molecule has 2 rings (SSSR count). The lowest BCUT2D eigenvalue weighted by molar-refractivity contribution is 0.104. The number of halogens is 1. The van der Waals surface area contributed by atoms with Crippen LogP contribution in [0.3, 0.4) is 0 Å². The van der Waals surface area contributed by atoms with Gasteiger partial charge in [-0.1, -0.05) is 18.2 Å². The summed E-state index contributed by atoms with van der Waals surface area (Å²) >= 11 is 0. The quantitative estimate of drug-likeness (QED) is 0.679. The van der Waals surface area contributed by atoms with E-state index in [-0.39, 0.29) is 22.9 Å². The number of allylic oxidation sites excluding steroid dienone is 1. The van der Waals surface area contributed by atoms with E-state index in [9.17, 15) is 14.3 Å². The van der Waals surface area contributed by atoms with Gasteiger partial charge in [-0.2, -0.15) is 0 Å². The van der Waals surface area contributed by atoms with Crippen LogP contribution >= 0.6 is 0 Å². The summed E-state index contributed by atoms with van der Waals surface area (Å²) in [5.74, 6) is -0.414. The summed E-state index contributed by atoms with van der Waals surface area (Å²) in [7, 11) is 2.85. The Morgan fingerprint density at radius 3 is 2.41 bits per heavy atom. The molecule has 0 aliphatic carbocycles. The fourth-order valence-electron chi connectivity index (χ4n) is 1.93. The van der Waals surface area contributed by atoms with Gasteiger partial charge in [0.1, 0.15) is 28.6 Å². The lowest BCUT2D eigenvalue weighted by Gasteiger charge is -2.10. The number of hydrogen-bond acceptors (Lipinski definition) is 4. The second kappa shape index (κ2) is 6.76. The minimum absolute atomic E-state index is 0.0432. The maximum Gasteiger partial charge on any atom is 0.193 e. The molecular formula is C17H15FO4. The molecule has 0 radical (unpaired) electrons. The molecule has 22 heavy (non-hydrogen) atoms. The first-order valence-electron chi connectivity index (χ1n) is 6.48. The number of hydrogen-bond donors (Lipinski definition) is 1. The van der Waals surface area contributed by atoms with E-state index in [1.807, 2.05) is 0 Å². The van der Waals surface area contributed by atoms with E-state index in [2.05, 4.69) is 0 Å². The number of rotatable bonds is 5. The molecule has 0 atom stereocenters. The molecule has 0 bridgehead atoms. The average molecular weight is 302 g/mol. The van der Waals surface area contributed by atoms with Crippen LogP contribution in [0.15, 0.2) is 42.5 Å². The fourth-order valence-corrected chi connectivity index (χ4v) is 1.93. The van der Waals surface area contributed by atoms with Gasteiger partial charge in [0.15, 0.2) is 5.78 Å². The fraction of sp³-hybridized carbons (Fsp3) is 0.118. The van der Waals surface area contributed by atoms with Crippen molar-refractivity contribution in [2.45, 2.75) is 0 Å². The molecule has 0 unspecified atom stereocenters. The van der Waals surface area contributed by atoms with Crippen LogP contribution in [0.2, 0.25) is 0 Å². The van der Waals surface area contributed by atoms with Crippen molar-refractivity contribution >= 4 is 11.9 Å².